The predicted molar refractivity (Wildman–Crippen MR) is 100 cm³/mol. The number of non-ortho nitro benzene ring substituents is 1. The topological polar surface area (TPSA) is 52.9 Å². The lowest BCUT2D eigenvalue weighted by Crippen LogP contribution is -2.32. The number of thiocarbonyl (C=S) groups is 1. The number of nitro groups is 1. The quantitative estimate of drug-likeness (QED) is 0.477. The zero-order valence-corrected chi connectivity index (χ0v) is 14.6. The molecule has 0 N–H and O–H groups in total. The summed E-state index contributed by atoms with van der Waals surface area (Å²) in [4.78, 5) is 12.6. The molecule has 2 fully saturated rings. The molecule has 25 heavy (non-hydrogen) atoms. The number of nitrogens with zero attached hydrogens (tertiary/aromatic N) is 4. The molecule has 6 nitrogen and oxygen atoms in total. The third-order valence-electron chi connectivity index (χ3n) is 4.74. The molecule has 1 unspecified atom stereocenters. The van der Waals surface area contributed by atoms with Crippen molar-refractivity contribution in [2.75, 3.05) is 18.0 Å². The zero-order chi connectivity index (χ0) is 17.6. The van der Waals surface area contributed by atoms with E-state index in [2.05, 4.69) is 46.1 Å². The number of hydrogen-bond donors (Lipinski definition) is 0. The summed E-state index contributed by atoms with van der Waals surface area (Å²) in [6, 6.07) is 15.1. The van der Waals surface area contributed by atoms with Crippen molar-refractivity contribution in [2.24, 2.45) is 0 Å². The number of fused-ring (bicyclic) bond motifs is 1. The highest BCUT2D eigenvalue weighted by molar-refractivity contribution is 7.80. The Morgan fingerprint density at radius 2 is 1.76 bits per heavy atom. The number of hydrazine groups is 1. The van der Waals surface area contributed by atoms with Crippen LogP contribution in [0.15, 0.2) is 48.5 Å². The Hall–Kier alpha value is -2.51. The van der Waals surface area contributed by atoms with Crippen molar-refractivity contribution in [2.45, 2.75) is 19.5 Å². The summed E-state index contributed by atoms with van der Waals surface area (Å²) in [5.41, 5.74) is 3.33. The molecular weight excluding hydrogens is 336 g/mol. The van der Waals surface area contributed by atoms with Crippen LogP contribution in [0, 0.1) is 17.0 Å². The molecule has 0 spiro atoms. The number of anilines is 1. The van der Waals surface area contributed by atoms with E-state index in [1.54, 1.807) is 12.1 Å². The fourth-order valence-corrected chi connectivity index (χ4v) is 3.90. The second-order valence-corrected chi connectivity index (χ2v) is 6.72. The third kappa shape index (κ3) is 2.65. The number of aryl methyl sites for hydroxylation is 1. The Balaban J connectivity index is 1.76. The van der Waals surface area contributed by atoms with Crippen LogP contribution < -0.4 is 4.90 Å². The average Bonchev–Trinajstić information content (AvgIpc) is 3.18. The molecule has 7 heteroatoms. The van der Waals surface area contributed by atoms with Gasteiger partial charge in [-0.3, -0.25) is 20.0 Å². The minimum Gasteiger partial charge on any atom is -0.296 e. The van der Waals surface area contributed by atoms with E-state index < -0.39 is 0 Å². The highest BCUT2D eigenvalue weighted by Gasteiger charge is 2.45. The zero-order valence-electron chi connectivity index (χ0n) is 13.8. The molecule has 0 aliphatic carbocycles. The number of rotatable bonds is 3. The summed E-state index contributed by atoms with van der Waals surface area (Å²) in [5.74, 6) is 0. The van der Waals surface area contributed by atoms with E-state index in [0.29, 0.717) is 0 Å². The van der Waals surface area contributed by atoms with Crippen molar-refractivity contribution in [1.82, 2.24) is 10.0 Å². The van der Waals surface area contributed by atoms with Gasteiger partial charge >= 0.3 is 0 Å². The van der Waals surface area contributed by atoms with E-state index in [-0.39, 0.29) is 16.8 Å². The molecule has 2 aromatic rings. The average molecular weight is 354 g/mol. The van der Waals surface area contributed by atoms with Gasteiger partial charge in [-0.25, -0.2) is 0 Å². The molecule has 0 radical (unpaired) electrons. The fraction of sp³-hybridized carbons (Fsp3) is 0.278. The largest absolute Gasteiger partial charge is 0.296 e. The fourth-order valence-electron chi connectivity index (χ4n) is 3.50. The number of benzene rings is 2. The highest BCUT2D eigenvalue weighted by Crippen LogP contribution is 2.40. The van der Waals surface area contributed by atoms with E-state index in [0.717, 1.165) is 35.9 Å². The number of nitro benzene ring substituents is 1. The van der Waals surface area contributed by atoms with E-state index in [1.165, 1.54) is 17.7 Å². The molecular formula is C18H18N4O2S. The van der Waals surface area contributed by atoms with Crippen LogP contribution >= 0.6 is 12.2 Å². The molecule has 0 bridgehead atoms. The Morgan fingerprint density at radius 3 is 2.40 bits per heavy atom. The monoisotopic (exact) mass is 354 g/mol. The van der Waals surface area contributed by atoms with Gasteiger partial charge in [-0.2, -0.15) is 5.01 Å². The van der Waals surface area contributed by atoms with Crippen LogP contribution in [0.5, 0.6) is 0 Å². The van der Waals surface area contributed by atoms with Gasteiger partial charge in [0.1, 0.15) is 6.17 Å². The smallest absolute Gasteiger partial charge is 0.269 e. The van der Waals surface area contributed by atoms with Crippen molar-refractivity contribution in [1.29, 1.82) is 0 Å². The standard InChI is InChI=1S/C18H18N4O2S/c1-13-3-5-14(6-4-13)17-19-11-2-12-20(19)18(25)21(17)15-7-9-16(10-8-15)22(23)24/h3-10,17H,2,11-12H2,1H3. The Kier molecular flexibility index (Phi) is 3.89. The number of hydrogen-bond acceptors (Lipinski definition) is 4. The lowest BCUT2D eigenvalue weighted by Gasteiger charge is -2.28. The molecule has 0 amide bonds. The predicted octanol–water partition coefficient (Wildman–Crippen LogP) is 3.63. The Morgan fingerprint density at radius 1 is 1.08 bits per heavy atom. The van der Waals surface area contributed by atoms with Gasteiger partial charge in [0, 0.05) is 30.9 Å². The molecule has 1 atom stereocenters. The minimum absolute atomic E-state index is 0.0166. The molecule has 2 saturated heterocycles. The van der Waals surface area contributed by atoms with E-state index in [1.807, 2.05) is 0 Å². The van der Waals surface area contributed by atoms with Gasteiger partial charge in [-0.15, -0.1) is 0 Å². The summed E-state index contributed by atoms with van der Waals surface area (Å²) in [6.07, 6.45) is 1.06. The van der Waals surface area contributed by atoms with Crippen LogP contribution in [-0.4, -0.2) is 33.1 Å². The van der Waals surface area contributed by atoms with Crippen molar-refractivity contribution < 1.29 is 4.92 Å². The summed E-state index contributed by atoms with van der Waals surface area (Å²) in [5, 5.41) is 16.1. The van der Waals surface area contributed by atoms with Gasteiger partial charge in [0.05, 0.1) is 4.92 Å². The first-order valence-electron chi connectivity index (χ1n) is 8.24. The lowest BCUT2D eigenvalue weighted by molar-refractivity contribution is -0.384. The van der Waals surface area contributed by atoms with Crippen LogP contribution in [0.1, 0.15) is 23.7 Å². The molecule has 128 valence electrons. The molecule has 2 aliphatic rings. The second kappa shape index (κ2) is 6.09. The maximum absolute atomic E-state index is 10.9. The maximum atomic E-state index is 10.9. The van der Waals surface area contributed by atoms with E-state index >= 15 is 0 Å². The Labute approximate surface area is 151 Å². The van der Waals surface area contributed by atoms with Crippen molar-refractivity contribution in [3.05, 3.63) is 69.8 Å². The first-order chi connectivity index (χ1) is 12.1. The first-order valence-corrected chi connectivity index (χ1v) is 8.65. The van der Waals surface area contributed by atoms with Crippen LogP contribution in [0.3, 0.4) is 0 Å². The van der Waals surface area contributed by atoms with Crippen molar-refractivity contribution in [3.63, 3.8) is 0 Å². The van der Waals surface area contributed by atoms with Crippen LogP contribution in [0.25, 0.3) is 0 Å². The molecule has 4 rings (SSSR count). The van der Waals surface area contributed by atoms with Gasteiger partial charge in [0.15, 0.2) is 5.11 Å². The molecule has 2 aromatic carbocycles. The van der Waals surface area contributed by atoms with Gasteiger partial charge in [0.25, 0.3) is 5.69 Å². The van der Waals surface area contributed by atoms with Crippen LogP contribution in [-0.2, 0) is 0 Å². The molecule has 0 aromatic heterocycles. The SMILES string of the molecule is Cc1ccc(C2N(c3ccc([N+](=O)[O-])cc3)C(=S)N3CCCN23)cc1. The molecule has 2 heterocycles. The summed E-state index contributed by atoms with van der Waals surface area (Å²) in [6.45, 7) is 3.92. The van der Waals surface area contributed by atoms with Crippen molar-refractivity contribution >= 4 is 28.7 Å². The third-order valence-corrected chi connectivity index (χ3v) is 5.14. The van der Waals surface area contributed by atoms with Crippen molar-refractivity contribution in [3.8, 4) is 0 Å². The van der Waals surface area contributed by atoms with E-state index in [4.69, 9.17) is 12.2 Å². The summed E-state index contributed by atoms with van der Waals surface area (Å²) < 4.78 is 0. The molecule has 0 saturated carbocycles. The summed E-state index contributed by atoms with van der Waals surface area (Å²) in [7, 11) is 0. The van der Waals surface area contributed by atoms with Crippen LogP contribution in [0.4, 0.5) is 11.4 Å². The first kappa shape index (κ1) is 16.0. The van der Waals surface area contributed by atoms with Gasteiger partial charge in [-0.05, 0) is 43.3 Å². The van der Waals surface area contributed by atoms with Gasteiger partial charge in [-0.1, -0.05) is 29.8 Å². The molecule has 2 aliphatic heterocycles. The lowest BCUT2D eigenvalue weighted by atomic mass is 10.1. The normalized spacial score (nSPS) is 20.2. The van der Waals surface area contributed by atoms with E-state index in [9.17, 15) is 10.1 Å². The highest BCUT2D eigenvalue weighted by atomic mass is 32.1. The minimum atomic E-state index is -0.384. The Bertz CT molecular complexity index is 822. The van der Waals surface area contributed by atoms with Crippen LogP contribution in [0.2, 0.25) is 0 Å². The van der Waals surface area contributed by atoms with Gasteiger partial charge in [0.2, 0.25) is 0 Å². The maximum Gasteiger partial charge on any atom is 0.269 e. The summed E-state index contributed by atoms with van der Waals surface area (Å²) >= 11 is 5.72. The second-order valence-electron chi connectivity index (χ2n) is 6.35. The van der Waals surface area contributed by atoms with Gasteiger partial charge < -0.3 is 0 Å².